The molecule has 4 heteroatoms. The standard InChI is InChI=1S/C12H19F3O/c1-8-5-9(2)7-10(6-8)11(16)3-4-12(13,14)15/h8-10H,3-7H2,1-2H3. The molecule has 0 aromatic heterocycles. The molecule has 94 valence electrons. The maximum atomic E-state index is 12.0. The van der Waals surface area contributed by atoms with E-state index < -0.39 is 12.6 Å². The van der Waals surface area contributed by atoms with Crippen LogP contribution in [0.1, 0.15) is 46.0 Å². The molecule has 0 saturated heterocycles. The normalized spacial score (nSPS) is 31.4. The third-order valence-corrected chi connectivity index (χ3v) is 3.29. The number of hydrogen-bond acceptors (Lipinski definition) is 1. The number of halogens is 3. The molecule has 0 heterocycles. The Balaban J connectivity index is 2.41. The van der Waals surface area contributed by atoms with Gasteiger partial charge in [0.15, 0.2) is 0 Å². The first kappa shape index (κ1) is 13.5. The SMILES string of the molecule is CC1CC(C)CC(C(=O)CCC(F)(F)F)C1. The van der Waals surface area contributed by atoms with E-state index in [0.717, 1.165) is 19.3 Å². The van der Waals surface area contributed by atoms with E-state index in [-0.39, 0.29) is 18.1 Å². The van der Waals surface area contributed by atoms with Crippen LogP contribution in [0.25, 0.3) is 0 Å². The average Bonchev–Trinajstić information content (AvgIpc) is 2.11. The van der Waals surface area contributed by atoms with Crippen LogP contribution in [0, 0.1) is 17.8 Å². The summed E-state index contributed by atoms with van der Waals surface area (Å²) in [5.41, 5.74) is 0. The van der Waals surface area contributed by atoms with Crippen LogP contribution in [0.4, 0.5) is 13.2 Å². The Bertz CT molecular complexity index is 237. The average molecular weight is 236 g/mol. The second-order valence-electron chi connectivity index (χ2n) is 5.20. The van der Waals surface area contributed by atoms with Gasteiger partial charge in [-0.1, -0.05) is 13.8 Å². The van der Waals surface area contributed by atoms with Gasteiger partial charge < -0.3 is 0 Å². The lowest BCUT2D eigenvalue weighted by atomic mass is 9.74. The van der Waals surface area contributed by atoms with Crippen molar-refractivity contribution in [1.29, 1.82) is 0 Å². The number of ketones is 1. The van der Waals surface area contributed by atoms with Crippen molar-refractivity contribution in [2.75, 3.05) is 0 Å². The van der Waals surface area contributed by atoms with E-state index in [1.54, 1.807) is 0 Å². The minimum absolute atomic E-state index is 0.138. The first-order valence-electron chi connectivity index (χ1n) is 5.87. The van der Waals surface area contributed by atoms with Crippen LogP contribution < -0.4 is 0 Å². The molecule has 16 heavy (non-hydrogen) atoms. The number of carbonyl (C=O) groups excluding carboxylic acids is 1. The fraction of sp³-hybridized carbons (Fsp3) is 0.917. The minimum Gasteiger partial charge on any atom is -0.299 e. The van der Waals surface area contributed by atoms with Gasteiger partial charge in [-0.15, -0.1) is 0 Å². The van der Waals surface area contributed by atoms with Gasteiger partial charge in [0.2, 0.25) is 0 Å². The molecule has 0 N–H and O–H groups in total. The molecule has 2 atom stereocenters. The highest BCUT2D eigenvalue weighted by Crippen LogP contribution is 2.34. The van der Waals surface area contributed by atoms with Gasteiger partial charge in [-0.05, 0) is 31.1 Å². The van der Waals surface area contributed by atoms with E-state index in [9.17, 15) is 18.0 Å². The maximum absolute atomic E-state index is 12.0. The second-order valence-corrected chi connectivity index (χ2v) is 5.20. The summed E-state index contributed by atoms with van der Waals surface area (Å²) >= 11 is 0. The van der Waals surface area contributed by atoms with Crippen molar-refractivity contribution in [3.63, 3.8) is 0 Å². The molecule has 1 nitrogen and oxygen atoms in total. The minimum atomic E-state index is -4.21. The highest BCUT2D eigenvalue weighted by Gasteiger charge is 2.32. The van der Waals surface area contributed by atoms with Gasteiger partial charge in [0, 0.05) is 12.3 Å². The van der Waals surface area contributed by atoms with Crippen LogP contribution in [-0.4, -0.2) is 12.0 Å². The zero-order chi connectivity index (χ0) is 12.3. The summed E-state index contributed by atoms with van der Waals surface area (Å²) < 4.78 is 36.0. The van der Waals surface area contributed by atoms with E-state index in [0.29, 0.717) is 11.8 Å². The van der Waals surface area contributed by atoms with Gasteiger partial charge in [0.1, 0.15) is 5.78 Å². The number of Topliss-reactive ketones (excluding diaryl/α,β-unsaturated/α-hetero) is 1. The Morgan fingerprint density at radius 2 is 1.62 bits per heavy atom. The second kappa shape index (κ2) is 5.19. The zero-order valence-electron chi connectivity index (χ0n) is 9.81. The van der Waals surface area contributed by atoms with Gasteiger partial charge in [0.05, 0.1) is 6.42 Å². The zero-order valence-corrected chi connectivity index (χ0v) is 9.81. The topological polar surface area (TPSA) is 17.1 Å². The highest BCUT2D eigenvalue weighted by molar-refractivity contribution is 5.81. The first-order valence-corrected chi connectivity index (χ1v) is 5.87. The lowest BCUT2D eigenvalue weighted by Crippen LogP contribution is -2.26. The molecule has 0 spiro atoms. The largest absolute Gasteiger partial charge is 0.389 e. The van der Waals surface area contributed by atoms with E-state index in [2.05, 4.69) is 13.8 Å². The van der Waals surface area contributed by atoms with Crippen molar-refractivity contribution in [2.45, 2.75) is 52.1 Å². The van der Waals surface area contributed by atoms with Crippen molar-refractivity contribution in [3.8, 4) is 0 Å². The maximum Gasteiger partial charge on any atom is 0.389 e. The molecule has 1 rings (SSSR count). The summed E-state index contributed by atoms with van der Waals surface area (Å²) in [5, 5.41) is 0. The number of rotatable bonds is 3. The van der Waals surface area contributed by atoms with Crippen molar-refractivity contribution in [2.24, 2.45) is 17.8 Å². The Morgan fingerprint density at radius 1 is 1.12 bits per heavy atom. The molecule has 1 aliphatic rings. The molecule has 1 saturated carbocycles. The van der Waals surface area contributed by atoms with Crippen molar-refractivity contribution in [3.05, 3.63) is 0 Å². The van der Waals surface area contributed by atoms with Crippen LogP contribution in [0.15, 0.2) is 0 Å². The van der Waals surface area contributed by atoms with E-state index in [4.69, 9.17) is 0 Å². The Morgan fingerprint density at radius 3 is 2.06 bits per heavy atom. The molecule has 1 fully saturated rings. The third kappa shape index (κ3) is 4.54. The quantitative estimate of drug-likeness (QED) is 0.724. The fourth-order valence-corrected chi connectivity index (χ4v) is 2.68. The molecule has 0 aromatic rings. The predicted molar refractivity (Wildman–Crippen MR) is 56.0 cm³/mol. The van der Waals surface area contributed by atoms with Gasteiger partial charge >= 0.3 is 6.18 Å². The number of alkyl halides is 3. The summed E-state index contributed by atoms with van der Waals surface area (Å²) in [5.74, 6) is 0.587. The summed E-state index contributed by atoms with van der Waals surface area (Å²) in [6.07, 6.45) is -2.90. The lowest BCUT2D eigenvalue weighted by molar-refractivity contribution is -0.145. The summed E-state index contributed by atoms with van der Waals surface area (Å²) in [6.45, 7) is 4.14. The Hall–Kier alpha value is -0.540. The molecule has 0 radical (unpaired) electrons. The van der Waals surface area contributed by atoms with Crippen molar-refractivity contribution in [1.82, 2.24) is 0 Å². The van der Waals surface area contributed by atoms with Gasteiger partial charge in [-0.3, -0.25) is 4.79 Å². The van der Waals surface area contributed by atoms with Gasteiger partial charge in [0.25, 0.3) is 0 Å². The third-order valence-electron chi connectivity index (χ3n) is 3.29. The molecule has 0 bridgehead atoms. The van der Waals surface area contributed by atoms with E-state index >= 15 is 0 Å². The molecule has 2 unspecified atom stereocenters. The molecular weight excluding hydrogens is 217 g/mol. The molecule has 0 aromatic carbocycles. The fourth-order valence-electron chi connectivity index (χ4n) is 2.68. The molecule has 1 aliphatic carbocycles. The molecular formula is C12H19F3O. The summed E-state index contributed by atoms with van der Waals surface area (Å²) in [4.78, 5) is 11.6. The number of hydrogen-bond donors (Lipinski definition) is 0. The van der Waals surface area contributed by atoms with Crippen molar-refractivity contribution < 1.29 is 18.0 Å². The van der Waals surface area contributed by atoms with Gasteiger partial charge in [-0.2, -0.15) is 13.2 Å². The van der Waals surface area contributed by atoms with Crippen LogP contribution in [0.5, 0.6) is 0 Å². The van der Waals surface area contributed by atoms with Crippen LogP contribution in [0.2, 0.25) is 0 Å². The smallest absolute Gasteiger partial charge is 0.299 e. The highest BCUT2D eigenvalue weighted by atomic mass is 19.4. The summed E-state index contributed by atoms with van der Waals surface area (Å²) in [6, 6.07) is 0. The lowest BCUT2D eigenvalue weighted by Gasteiger charge is -2.30. The van der Waals surface area contributed by atoms with Crippen LogP contribution >= 0.6 is 0 Å². The van der Waals surface area contributed by atoms with Crippen LogP contribution in [0.3, 0.4) is 0 Å². The van der Waals surface area contributed by atoms with E-state index in [1.807, 2.05) is 0 Å². The predicted octanol–water partition coefficient (Wildman–Crippen LogP) is 3.97. The van der Waals surface area contributed by atoms with Gasteiger partial charge in [-0.25, -0.2) is 0 Å². The number of carbonyl (C=O) groups is 1. The Kier molecular flexibility index (Phi) is 4.39. The first-order chi connectivity index (χ1) is 7.28. The van der Waals surface area contributed by atoms with Crippen LogP contribution in [-0.2, 0) is 4.79 Å². The van der Waals surface area contributed by atoms with Crippen molar-refractivity contribution >= 4 is 5.78 Å². The summed E-state index contributed by atoms with van der Waals surface area (Å²) in [7, 11) is 0. The molecule has 0 amide bonds. The Labute approximate surface area is 94.4 Å². The van der Waals surface area contributed by atoms with E-state index in [1.165, 1.54) is 0 Å². The molecule has 0 aliphatic heterocycles. The monoisotopic (exact) mass is 236 g/mol.